The molecule has 0 aromatic heterocycles. The quantitative estimate of drug-likeness (QED) is 0.230. The SMILES string of the molecule is C=CCOC(=O)O.OCCOCCO.[AlH3]. The van der Waals surface area contributed by atoms with E-state index in [4.69, 9.17) is 15.3 Å². The molecule has 0 amide bonds. The summed E-state index contributed by atoms with van der Waals surface area (Å²) in [6.45, 7) is 4.00. The maximum Gasteiger partial charge on any atom is 0.506 e. The van der Waals surface area contributed by atoms with Crippen LogP contribution >= 0.6 is 0 Å². The molecule has 0 radical (unpaired) electrons. The van der Waals surface area contributed by atoms with Crippen molar-refractivity contribution in [2.75, 3.05) is 33.0 Å². The molecule has 0 rings (SSSR count). The van der Waals surface area contributed by atoms with Gasteiger partial charge in [0.05, 0.1) is 26.4 Å². The van der Waals surface area contributed by atoms with Crippen LogP contribution in [-0.2, 0) is 9.47 Å². The molecule has 0 bridgehead atoms. The molecule has 0 spiro atoms. The van der Waals surface area contributed by atoms with E-state index in [0.717, 1.165) is 0 Å². The van der Waals surface area contributed by atoms with Crippen LogP contribution in [-0.4, -0.2) is 71.9 Å². The van der Waals surface area contributed by atoms with Crippen LogP contribution in [0.4, 0.5) is 4.79 Å². The zero-order chi connectivity index (χ0) is 11.2. The number of carbonyl (C=O) groups is 1. The van der Waals surface area contributed by atoms with Crippen LogP contribution in [0, 0.1) is 0 Å². The Labute approximate surface area is 99.3 Å². The molecule has 6 nitrogen and oxygen atoms in total. The molecule has 0 fully saturated rings. The summed E-state index contributed by atoms with van der Waals surface area (Å²) in [6.07, 6.45) is 0.105. The van der Waals surface area contributed by atoms with Crippen molar-refractivity contribution in [3.63, 3.8) is 0 Å². The van der Waals surface area contributed by atoms with E-state index in [-0.39, 0.29) is 37.2 Å². The highest BCUT2D eigenvalue weighted by molar-refractivity contribution is 5.75. The van der Waals surface area contributed by atoms with Gasteiger partial charge in [-0.15, -0.1) is 0 Å². The third-order valence-corrected chi connectivity index (χ3v) is 0.796. The van der Waals surface area contributed by atoms with E-state index in [2.05, 4.69) is 16.1 Å². The second-order valence-electron chi connectivity index (χ2n) is 1.93. The number of aliphatic hydroxyl groups excluding tert-OH is 2. The Morgan fingerprint density at radius 1 is 1.27 bits per heavy atom. The van der Waals surface area contributed by atoms with E-state index < -0.39 is 6.16 Å². The lowest BCUT2D eigenvalue weighted by Gasteiger charge is -1.94. The molecule has 0 saturated carbocycles. The minimum Gasteiger partial charge on any atom is -0.450 e. The van der Waals surface area contributed by atoms with E-state index >= 15 is 0 Å². The lowest BCUT2D eigenvalue weighted by Crippen LogP contribution is -2.03. The van der Waals surface area contributed by atoms with E-state index in [9.17, 15) is 4.79 Å². The lowest BCUT2D eigenvalue weighted by atomic mass is 10.7. The second kappa shape index (κ2) is 19.1. The molecule has 0 aliphatic heterocycles. The summed E-state index contributed by atoms with van der Waals surface area (Å²) in [5.74, 6) is 0. The lowest BCUT2D eigenvalue weighted by molar-refractivity contribution is 0.0650. The maximum atomic E-state index is 9.49. The van der Waals surface area contributed by atoms with Gasteiger partial charge in [-0.2, -0.15) is 0 Å². The van der Waals surface area contributed by atoms with Crippen molar-refractivity contribution in [1.29, 1.82) is 0 Å². The molecular weight excluding hydrogens is 219 g/mol. The highest BCUT2D eigenvalue weighted by Crippen LogP contribution is 1.73. The first-order chi connectivity index (χ1) is 6.68. The van der Waals surface area contributed by atoms with Crippen molar-refractivity contribution in [3.05, 3.63) is 12.7 Å². The molecule has 7 heteroatoms. The Bertz CT molecular complexity index is 137. The van der Waals surface area contributed by atoms with Crippen molar-refractivity contribution in [2.45, 2.75) is 0 Å². The molecule has 15 heavy (non-hydrogen) atoms. The molecule has 0 saturated heterocycles. The average Bonchev–Trinajstić information content (AvgIpc) is 2.16. The Kier molecular flexibility index (Phi) is 25.3. The van der Waals surface area contributed by atoms with Crippen molar-refractivity contribution >= 4 is 23.5 Å². The minimum absolute atomic E-state index is 0. The Morgan fingerprint density at radius 2 is 1.73 bits per heavy atom. The van der Waals surface area contributed by atoms with Crippen LogP contribution in [0.25, 0.3) is 0 Å². The van der Waals surface area contributed by atoms with Gasteiger partial charge in [-0.1, -0.05) is 12.7 Å². The predicted octanol–water partition coefficient (Wildman–Crippen LogP) is -1.33. The minimum atomic E-state index is -1.26. The summed E-state index contributed by atoms with van der Waals surface area (Å²) >= 11 is 0. The number of rotatable bonds is 6. The Morgan fingerprint density at radius 3 is 1.93 bits per heavy atom. The van der Waals surface area contributed by atoms with E-state index in [1.165, 1.54) is 6.08 Å². The fourth-order valence-electron chi connectivity index (χ4n) is 0.361. The average molecular weight is 238 g/mol. The fourth-order valence-corrected chi connectivity index (χ4v) is 0.361. The predicted molar refractivity (Wildman–Crippen MR) is 59.1 cm³/mol. The van der Waals surface area contributed by atoms with E-state index in [0.29, 0.717) is 13.2 Å². The first-order valence-electron chi connectivity index (χ1n) is 3.95. The number of hydrogen-bond acceptors (Lipinski definition) is 5. The van der Waals surface area contributed by atoms with Crippen molar-refractivity contribution in [1.82, 2.24) is 0 Å². The zero-order valence-electron chi connectivity index (χ0n) is 7.89. The van der Waals surface area contributed by atoms with Crippen LogP contribution < -0.4 is 0 Å². The van der Waals surface area contributed by atoms with Gasteiger partial charge in [0.15, 0.2) is 17.4 Å². The van der Waals surface area contributed by atoms with Crippen LogP contribution in [0.3, 0.4) is 0 Å². The van der Waals surface area contributed by atoms with Gasteiger partial charge in [0, 0.05) is 0 Å². The van der Waals surface area contributed by atoms with Gasteiger partial charge in [-0.25, -0.2) is 4.79 Å². The molecule has 0 unspecified atom stereocenters. The van der Waals surface area contributed by atoms with Gasteiger partial charge in [-0.3, -0.25) is 0 Å². The maximum absolute atomic E-state index is 9.49. The third kappa shape index (κ3) is 31.8. The van der Waals surface area contributed by atoms with Crippen molar-refractivity contribution in [2.24, 2.45) is 0 Å². The van der Waals surface area contributed by atoms with Gasteiger partial charge >= 0.3 is 6.16 Å². The molecule has 0 heterocycles. The van der Waals surface area contributed by atoms with E-state index in [1.54, 1.807) is 0 Å². The highest BCUT2D eigenvalue weighted by Gasteiger charge is 1.87. The normalized spacial score (nSPS) is 7.87. The largest absolute Gasteiger partial charge is 0.506 e. The first kappa shape index (κ1) is 19.9. The van der Waals surface area contributed by atoms with Gasteiger partial charge in [0.1, 0.15) is 6.61 Å². The van der Waals surface area contributed by atoms with Crippen LogP contribution in [0.1, 0.15) is 0 Å². The summed E-state index contributed by atoms with van der Waals surface area (Å²) in [5, 5.41) is 23.9. The number of carboxylic acid groups (broad SMARTS) is 1. The molecule has 0 aromatic rings. The van der Waals surface area contributed by atoms with Gasteiger partial charge in [-0.05, 0) is 0 Å². The summed E-state index contributed by atoms with van der Waals surface area (Å²) in [7, 11) is 0. The summed E-state index contributed by atoms with van der Waals surface area (Å²) in [5.41, 5.74) is 0. The molecule has 90 valence electrons. The van der Waals surface area contributed by atoms with Crippen molar-refractivity contribution in [3.8, 4) is 0 Å². The summed E-state index contributed by atoms with van der Waals surface area (Å²) in [6, 6.07) is 0. The second-order valence-corrected chi connectivity index (χ2v) is 1.93. The summed E-state index contributed by atoms with van der Waals surface area (Å²) < 4.78 is 8.62. The Hall–Kier alpha value is -0.578. The van der Waals surface area contributed by atoms with Crippen LogP contribution in [0.5, 0.6) is 0 Å². The third-order valence-electron chi connectivity index (χ3n) is 0.796. The monoisotopic (exact) mass is 238 g/mol. The Balaban J connectivity index is -0.000000180. The first-order valence-corrected chi connectivity index (χ1v) is 3.95. The smallest absolute Gasteiger partial charge is 0.450 e. The van der Waals surface area contributed by atoms with Gasteiger partial charge < -0.3 is 24.8 Å². The zero-order valence-corrected chi connectivity index (χ0v) is 7.89. The molecule has 0 aliphatic carbocycles. The van der Waals surface area contributed by atoms with Crippen molar-refractivity contribution < 1.29 is 29.6 Å². The van der Waals surface area contributed by atoms with Crippen LogP contribution in [0.15, 0.2) is 12.7 Å². The fraction of sp³-hybridized carbons (Fsp3) is 0.625. The van der Waals surface area contributed by atoms with Gasteiger partial charge in [0.2, 0.25) is 0 Å². The van der Waals surface area contributed by atoms with Gasteiger partial charge in [0.25, 0.3) is 0 Å². The number of ether oxygens (including phenoxy) is 2. The van der Waals surface area contributed by atoms with E-state index in [1.807, 2.05) is 0 Å². The molecule has 0 aliphatic rings. The number of aliphatic hydroxyl groups is 2. The molecule has 0 atom stereocenters. The summed E-state index contributed by atoms with van der Waals surface area (Å²) in [4.78, 5) is 9.49. The number of hydrogen-bond donors (Lipinski definition) is 3. The van der Waals surface area contributed by atoms with Crippen LogP contribution in [0.2, 0.25) is 0 Å². The highest BCUT2D eigenvalue weighted by atomic mass is 27.0. The molecule has 0 aromatic carbocycles. The standard InChI is InChI=1S/C4H10O3.C4H6O3.Al.3H/c5-1-3-7-4-2-6;1-2-3-7-4(5)6;;;;/h5-6H,1-4H2;2H,1,3H2,(H,5,6);;;;. The topological polar surface area (TPSA) is 96.2 Å². The molecule has 3 N–H and O–H groups in total. The molecular formula is C8H19AlO6.